The van der Waals surface area contributed by atoms with E-state index in [-0.39, 0.29) is 0 Å². The monoisotopic (exact) mass is 216 g/mol. The molecule has 82 valence electrons. The molecule has 16 heavy (non-hydrogen) atoms. The van der Waals surface area contributed by atoms with Crippen LogP contribution in [0.1, 0.15) is 21.5 Å². The van der Waals surface area contributed by atoms with E-state index in [1.54, 1.807) is 6.07 Å². The average Bonchev–Trinajstić information content (AvgIpc) is 2.68. The number of anilines is 1. The lowest BCUT2D eigenvalue weighted by atomic mass is 9.99. The van der Waals surface area contributed by atoms with Gasteiger partial charge < -0.3 is 10.3 Å². The van der Waals surface area contributed by atoms with Crippen molar-refractivity contribution in [3.63, 3.8) is 0 Å². The van der Waals surface area contributed by atoms with Crippen molar-refractivity contribution in [3.8, 4) is 11.3 Å². The minimum absolute atomic E-state index is 0.310. The van der Waals surface area contributed by atoms with Gasteiger partial charge >= 0.3 is 0 Å². The third-order valence-electron chi connectivity index (χ3n) is 2.59. The fourth-order valence-corrected chi connectivity index (χ4v) is 1.57. The van der Waals surface area contributed by atoms with Crippen LogP contribution in [0.3, 0.4) is 0 Å². The predicted molar refractivity (Wildman–Crippen MR) is 61.2 cm³/mol. The Morgan fingerprint density at radius 1 is 1.25 bits per heavy atom. The quantitative estimate of drug-likeness (QED) is 0.782. The van der Waals surface area contributed by atoms with Gasteiger partial charge in [-0.25, -0.2) is 0 Å². The molecule has 4 nitrogen and oxygen atoms in total. The molecule has 0 aliphatic rings. The molecule has 2 aromatic rings. The molecule has 1 aromatic heterocycles. The number of nitrogens with zero attached hydrogens (tertiary/aromatic N) is 1. The Morgan fingerprint density at radius 2 is 1.94 bits per heavy atom. The summed E-state index contributed by atoms with van der Waals surface area (Å²) in [5.74, 6) is 0.827. The third-order valence-corrected chi connectivity index (χ3v) is 2.59. The highest BCUT2D eigenvalue weighted by molar-refractivity contribution is 5.87. The maximum atomic E-state index is 11.0. The summed E-state index contributed by atoms with van der Waals surface area (Å²) >= 11 is 0. The molecule has 1 aromatic carbocycles. The molecule has 0 saturated heterocycles. The summed E-state index contributed by atoms with van der Waals surface area (Å²) in [6.07, 6.45) is 0.806. The van der Waals surface area contributed by atoms with Gasteiger partial charge in [-0.15, -0.1) is 0 Å². The Balaban J connectivity index is 2.63. The zero-order chi connectivity index (χ0) is 11.7. The van der Waals surface area contributed by atoms with Crippen LogP contribution in [0.4, 0.5) is 5.82 Å². The van der Waals surface area contributed by atoms with Crippen molar-refractivity contribution in [2.75, 3.05) is 5.73 Å². The van der Waals surface area contributed by atoms with Crippen LogP contribution >= 0.6 is 0 Å². The molecule has 0 spiro atoms. The summed E-state index contributed by atoms with van der Waals surface area (Å²) in [7, 11) is 0. The Bertz CT molecular complexity index is 544. The van der Waals surface area contributed by atoms with Crippen molar-refractivity contribution in [1.29, 1.82) is 0 Å². The Labute approximate surface area is 93.1 Å². The number of carbonyl (C=O) groups excluding carboxylic acids is 1. The summed E-state index contributed by atoms with van der Waals surface area (Å²) in [5, 5.41) is 3.61. The summed E-state index contributed by atoms with van der Waals surface area (Å²) in [4.78, 5) is 11.0. The number of aryl methyl sites for hydroxylation is 2. The van der Waals surface area contributed by atoms with E-state index in [2.05, 4.69) is 5.16 Å². The maximum Gasteiger partial charge on any atom is 0.169 e. The smallest absolute Gasteiger partial charge is 0.169 e. The van der Waals surface area contributed by atoms with Gasteiger partial charge in [0.2, 0.25) is 0 Å². The molecular weight excluding hydrogens is 204 g/mol. The molecule has 0 aliphatic carbocycles. The first-order valence-electron chi connectivity index (χ1n) is 4.91. The lowest BCUT2D eigenvalue weighted by Crippen LogP contribution is -1.91. The molecule has 0 bridgehead atoms. The van der Waals surface area contributed by atoms with Crippen LogP contribution < -0.4 is 5.73 Å². The Kier molecular flexibility index (Phi) is 2.48. The van der Waals surface area contributed by atoms with Gasteiger partial charge in [0.15, 0.2) is 17.9 Å². The van der Waals surface area contributed by atoms with Crippen LogP contribution in [0.2, 0.25) is 0 Å². The zero-order valence-corrected chi connectivity index (χ0v) is 9.15. The molecule has 1 heterocycles. The average molecular weight is 216 g/mol. The summed E-state index contributed by atoms with van der Waals surface area (Å²) in [5.41, 5.74) is 8.95. The van der Waals surface area contributed by atoms with Crippen molar-refractivity contribution in [2.45, 2.75) is 13.8 Å². The van der Waals surface area contributed by atoms with E-state index in [1.165, 1.54) is 0 Å². The molecule has 2 N–H and O–H groups in total. The van der Waals surface area contributed by atoms with Gasteiger partial charge in [0, 0.05) is 17.2 Å². The molecule has 0 radical (unpaired) electrons. The van der Waals surface area contributed by atoms with Gasteiger partial charge in [0.1, 0.15) is 0 Å². The van der Waals surface area contributed by atoms with Crippen LogP contribution in [0.5, 0.6) is 0 Å². The van der Waals surface area contributed by atoms with Gasteiger partial charge in [-0.2, -0.15) is 0 Å². The second-order valence-corrected chi connectivity index (χ2v) is 3.76. The Hall–Kier alpha value is -2.10. The van der Waals surface area contributed by atoms with Crippen LogP contribution in [-0.4, -0.2) is 11.4 Å². The highest BCUT2D eigenvalue weighted by atomic mass is 16.5. The number of rotatable bonds is 2. The number of aromatic nitrogens is 1. The Morgan fingerprint density at radius 3 is 2.50 bits per heavy atom. The van der Waals surface area contributed by atoms with Crippen molar-refractivity contribution in [3.05, 3.63) is 34.9 Å². The SMILES string of the molecule is Cc1cc(C=O)c(-c2cc(N)no2)cc1C. The van der Waals surface area contributed by atoms with Crippen LogP contribution in [0.25, 0.3) is 11.3 Å². The number of benzene rings is 1. The molecule has 0 aliphatic heterocycles. The fourth-order valence-electron chi connectivity index (χ4n) is 1.57. The third kappa shape index (κ3) is 1.69. The number of nitrogen functional groups attached to an aromatic ring is 1. The highest BCUT2D eigenvalue weighted by Crippen LogP contribution is 2.27. The summed E-state index contributed by atoms with van der Waals surface area (Å²) < 4.78 is 5.05. The zero-order valence-electron chi connectivity index (χ0n) is 9.15. The minimum Gasteiger partial charge on any atom is -0.381 e. The molecule has 0 saturated carbocycles. The second kappa shape index (κ2) is 3.81. The molecule has 0 fully saturated rings. The summed E-state index contributed by atoms with van der Waals surface area (Å²) in [6.45, 7) is 3.94. The number of aldehydes is 1. The van der Waals surface area contributed by atoms with Gasteiger partial charge in [0.25, 0.3) is 0 Å². The molecule has 0 unspecified atom stereocenters. The predicted octanol–water partition coefficient (Wildman–Crippen LogP) is 2.35. The maximum absolute atomic E-state index is 11.0. The van der Waals surface area contributed by atoms with E-state index in [9.17, 15) is 4.79 Å². The van der Waals surface area contributed by atoms with Crippen LogP contribution in [-0.2, 0) is 0 Å². The van der Waals surface area contributed by atoms with Crippen molar-refractivity contribution >= 4 is 12.1 Å². The van der Waals surface area contributed by atoms with Crippen molar-refractivity contribution in [2.24, 2.45) is 0 Å². The van der Waals surface area contributed by atoms with Gasteiger partial charge in [-0.1, -0.05) is 5.16 Å². The number of hydrogen-bond donors (Lipinski definition) is 1. The van der Waals surface area contributed by atoms with E-state index >= 15 is 0 Å². The second-order valence-electron chi connectivity index (χ2n) is 3.76. The van der Waals surface area contributed by atoms with Gasteiger partial charge in [-0.05, 0) is 37.1 Å². The highest BCUT2D eigenvalue weighted by Gasteiger charge is 2.11. The molecule has 4 heteroatoms. The lowest BCUT2D eigenvalue weighted by Gasteiger charge is -2.05. The molecule has 0 amide bonds. The van der Waals surface area contributed by atoms with Crippen molar-refractivity contribution in [1.82, 2.24) is 5.16 Å². The number of nitrogens with two attached hydrogens (primary N) is 1. The number of hydrogen-bond acceptors (Lipinski definition) is 4. The topological polar surface area (TPSA) is 69.1 Å². The van der Waals surface area contributed by atoms with Crippen LogP contribution in [0, 0.1) is 13.8 Å². The van der Waals surface area contributed by atoms with E-state index in [0.717, 1.165) is 23.0 Å². The first-order valence-corrected chi connectivity index (χ1v) is 4.91. The fraction of sp³-hybridized carbons (Fsp3) is 0.167. The summed E-state index contributed by atoms with van der Waals surface area (Å²) in [6, 6.07) is 5.34. The van der Waals surface area contributed by atoms with E-state index in [1.807, 2.05) is 26.0 Å². The van der Waals surface area contributed by atoms with Gasteiger partial charge in [0.05, 0.1) is 0 Å². The minimum atomic E-state index is 0.310. The number of carbonyl (C=O) groups is 1. The van der Waals surface area contributed by atoms with E-state index in [4.69, 9.17) is 10.3 Å². The lowest BCUT2D eigenvalue weighted by molar-refractivity contribution is 0.112. The standard InChI is InChI=1S/C12H12N2O2/c1-7-3-9(6-15)10(4-8(7)2)11-5-12(13)14-16-11/h3-6H,1-2H3,(H2,13,14). The normalized spacial score (nSPS) is 10.4. The largest absolute Gasteiger partial charge is 0.381 e. The first-order chi connectivity index (χ1) is 7.61. The van der Waals surface area contributed by atoms with Gasteiger partial charge in [-0.3, -0.25) is 4.79 Å². The van der Waals surface area contributed by atoms with E-state index in [0.29, 0.717) is 17.1 Å². The first kappa shape index (κ1) is 10.4. The van der Waals surface area contributed by atoms with Crippen molar-refractivity contribution < 1.29 is 9.32 Å². The van der Waals surface area contributed by atoms with Crippen LogP contribution in [0.15, 0.2) is 22.7 Å². The van der Waals surface area contributed by atoms with E-state index < -0.39 is 0 Å². The molecule has 0 atom stereocenters. The molecular formula is C12H12N2O2. The molecule has 2 rings (SSSR count).